The zero-order valence-electron chi connectivity index (χ0n) is 51.3. The third kappa shape index (κ3) is 29.6. The van der Waals surface area contributed by atoms with E-state index in [0.29, 0.717) is 55.9 Å². The molecule has 2 fully saturated rings. The number of aryl methyl sites for hydroxylation is 1. The molecule has 1 aromatic heterocycles. The van der Waals surface area contributed by atoms with Crippen molar-refractivity contribution in [1.29, 1.82) is 0 Å². The minimum atomic E-state index is -0.563. The van der Waals surface area contributed by atoms with Gasteiger partial charge < -0.3 is 30.2 Å². The van der Waals surface area contributed by atoms with Gasteiger partial charge in [0.05, 0.1) is 32.2 Å². The number of hydrogen-bond acceptors (Lipinski definition) is 9. The average Bonchev–Trinajstić information content (AvgIpc) is 3.34. The third-order valence-corrected chi connectivity index (χ3v) is 16.7. The molecule has 2 aliphatic rings. The van der Waals surface area contributed by atoms with E-state index in [9.17, 15) is 19.2 Å². The van der Waals surface area contributed by atoms with E-state index in [1.807, 2.05) is 0 Å². The molecule has 0 aliphatic heterocycles. The minimum absolute atomic E-state index is 0.0167. The summed E-state index contributed by atoms with van der Waals surface area (Å²) in [6, 6.07) is -0.240. The number of ether oxygens (including phenoxy) is 3. The Balaban J connectivity index is 1.43. The number of aromatic nitrogens is 2. The van der Waals surface area contributed by atoms with Crippen LogP contribution >= 0.6 is 0 Å². The third-order valence-electron chi connectivity index (χ3n) is 16.7. The summed E-state index contributed by atoms with van der Waals surface area (Å²) < 4.78 is 17.8. The molecule has 6 atom stereocenters. The van der Waals surface area contributed by atoms with Crippen LogP contribution in [0.2, 0.25) is 0 Å². The summed E-state index contributed by atoms with van der Waals surface area (Å²) in [5.41, 5.74) is 0.0332. The van der Waals surface area contributed by atoms with Gasteiger partial charge in [0.1, 0.15) is 0 Å². The zero-order valence-corrected chi connectivity index (χ0v) is 51.3. The highest BCUT2D eigenvalue weighted by Gasteiger charge is 2.43. The molecule has 4 amide bonds. The number of carbonyl (C=O) groups excluding carboxylic acids is 3. The Labute approximate surface area is 469 Å². The summed E-state index contributed by atoms with van der Waals surface area (Å²) in [4.78, 5) is 60.0. The van der Waals surface area contributed by atoms with Crippen LogP contribution in [-0.4, -0.2) is 79.9 Å². The maximum absolute atomic E-state index is 13.3. The van der Waals surface area contributed by atoms with E-state index < -0.39 is 17.7 Å². The highest BCUT2D eigenvalue weighted by molar-refractivity contribution is 5.87. The lowest BCUT2D eigenvalue weighted by Crippen LogP contribution is -2.50. The van der Waals surface area contributed by atoms with Gasteiger partial charge in [-0.25, -0.2) is 19.4 Å². The standard InChI is InChI=1S/C63H117N7O7/c1-12-16-20-24-26-30-33-50(32-28-22-18-14-3)42-75-48-66-52-38-60(6,7)44-62(10,40-52)46-64-57(72)70-56-67-49(5)54(55(71)69-56)36-37-76-58(73)65-47-63(11)41-53(39-61(8,9)45-63)68-59(74)77-43-51(34-29-23-19-15-4)35-31-27-25-21-17-13-2/h50-53,66H,12-48H2,1-11H3,(H,65,73)(H,68,74)(H3,64,67,69,70,71,72). The summed E-state index contributed by atoms with van der Waals surface area (Å²) in [6.45, 7) is 26.8. The SMILES string of the molecule is CCCCCCCCC(CCCCCC)COCNC1CC(C)(C)CC(C)(CNC(=O)Nc2nc(C)c(CCOC(=O)NCC3(C)CC(NC(=O)OCC(CCCCCC)CCCCCCCC)CC(C)(C)C3)c(=O)[nH]2)C1. The molecule has 14 nitrogen and oxygen atoms in total. The van der Waals surface area contributed by atoms with E-state index in [1.54, 1.807) is 6.92 Å². The smallest absolute Gasteiger partial charge is 0.407 e. The van der Waals surface area contributed by atoms with Crippen molar-refractivity contribution in [2.45, 2.75) is 287 Å². The Morgan fingerprint density at radius 3 is 1.60 bits per heavy atom. The zero-order chi connectivity index (χ0) is 56.6. The van der Waals surface area contributed by atoms with Crippen LogP contribution in [0.4, 0.5) is 20.3 Å². The number of amides is 4. The van der Waals surface area contributed by atoms with Crippen molar-refractivity contribution in [3.63, 3.8) is 0 Å². The van der Waals surface area contributed by atoms with E-state index in [4.69, 9.17) is 14.2 Å². The van der Waals surface area contributed by atoms with Crippen LogP contribution in [0.1, 0.15) is 273 Å². The molecular weight excluding hydrogens is 967 g/mol. The molecule has 2 aliphatic carbocycles. The van der Waals surface area contributed by atoms with Crippen molar-refractivity contribution >= 4 is 24.2 Å². The van der Waals surface area contributed by atoms with Crippen LogP contribution in [0.15, 0.2) is 4.79 Å². The molecule has 0 aromatic carbocycles. The van der Waals surface area contributed by atoms with Gasteiger partial charge in [0.25, 0.3) is 5.56 Å². The fourth-order valence-electron chi connectivity index (χ4n) is 13.3. The number of H-pyrrole nitrogens is 1. The number of nitrogens with one attached hydrogen (secondary N) is 6. The molecule has 3 rings (SSSR count). The molecule has 77 heavy (non-hydrogen) atoms. The van der Waals surface area contributed by atoms with Crippen LogP contribution in [0.3, 0.4) is 0 Å². The quantitative estimate of drug-likeness (QED) is 0.0275. The van der Waals surface area contributed by atoms with E-state index in [-0.39, 0.29) is 58.8 Å². The first-order valence-corrected chi connectivity index (χ1v) is 31.5. The molecule has 0 spiro atoms. The summed E-state index contributed by atoms with van der Waals surface area (Å²) in [5, 5.41) is 15.7. The van der Waals surface area contributed by atoms with Crippen molar-refractivity contribution in [3.8, 4) is 0 Å². The molecule has 6 N–H and O–H groups in total. The fourth-order valence-corrected chi connectivity index (χ4v) is 13.3. The summed E-state index contributed by atoms with van der Waals surface area (Å²) in [7, 11) is 0. The van der Waals surface area contributed by atoms with Crippen LogP contribution in [-0.2, 0) is 20.6 Å². The number of unbranched alkanes of at least 4 members (excludes halogenated alkanes) is 16. The van der Waals surface area contributed by atoms with Gasteiger partial charge in [0.2, 0.25) is 5.95 Å². The van der Waals surface area contributed by atoms with E-state index in [1.165, 1.54) is 141 Å². The second-order valence-electron chi connectivity index (χ2n) is 26.5. The van der Waals surface area contributed by atoms with Crippen molar-refractivity contribution in [2.75, 3.05) is 45.0 Å². The number of rotatable bonds is 40. The highest BCUT2D eigenvalue weighted by Crippen LogP contribution is 2.47. The van der Waals surface area contributed by atoms with Crippen molar-refractivity contribution in [1.82, 2.24) is 31.2 Å². The van der Waals surface area contributed by atoms with Crippen molar-refractivity contribution < 1.29 is 28.6 Å². The van der Waals surface area contributed by atoms with Gasteiger partial charge in [0.15, 0.2) is 0 Å². The van der Waals surface area contributed by atoms with Crippen LogP contribution in [0, 0.1) is 40.4 Å². The highest BCUT2D eigenvalue weighted by atomic mass is 16.6. The molecule has 0 radical (unpaired) electrons. The van der Waals surface area contributed by atoms with E-state index >= 15 is 0 Å². The normalized spacial score (nSPS) is 21.7. The topological polar surface area (TPSA) is 185 Å². The van der Waals surface area contributed by atoms with E-state index in [0.717, 1.165) is 51.6 Å². The Kier molecular flexibility index (Phi) is 32.4. The molecular formula is C63H117N7O7. The van der Waals surface area contributed by atoms with Crippen LogP contribution < -0.4 is 32.1 Å². The lowest BCUT2D eigenvalue weighted by molar-refractivity contribution is 0.0329. The number of carbonyl (C=O) groups is 3. The maximum atomic E-state index is 13.3. The lowest BCUT2D eigenvalue weighted by Gasteiger charge is -2.47. The maximum Gasteiger partial charge on any atom is 0.407 e. The van der Waals surface area contributed by atoms with Crippen LogP contribution in [0.5, 0.6) is 0 Å². The monoisotopic (exact) mass is 1080 g/mol. The summed E-state index contributed by atoms with van der Waals surface area (Å²) in [6.07, 6.45) is 34.8. The van der Waals surface area contributed by atoms with Gasteiger partial charge in [-0.05, 0) is 105 Å². The van der Waals surface area contributed by atoms with Gasteiger partial charge in [-0.3, -0.25) is 20.4 Å². The summed E-state index contributed by atoms with van der Waals surface area (Å²) in [5.74, 6) is 1.08. The van der Waals surface area contributed by atoms with Gasteiger partial charge >= 0.3 is 18.2 Å². The molecule has 0 bridgehead atoms. The van der Waals surface area contributed by atoms with Gasteiger partial charge in [0, 0.05) is 37.2 Å². The first-order valence-electron chi connectivity index (χ1n) is 31.5. The number of alkyl carbamates (subject to hydrolysis) is 2. The Hall–Kier alpha value is -3.39. The first kappa shape index (κ1) is 67.9. The number of hydrogen-bond donors (Lipinski definition) is 6. The predicted molar refractivity (Wildman–Crippen MR) is 318 cm³/mol. The Morgan fingerprint density at radius 2 is 1.06 bits per heavy atom. The second kappa shape index (κ2) is 36.8. The molecule has 2 saturated carbocycles. The lowest BCUT2D eigenvalue weighted by atomic mass is 9.62. The molecule has 0 saturated heterocycles. The molecule has 6 unspecified atom stereocenters. The number of aromatic amines is 1. The number of anilines is 1. The van der Waals surface area contributed by atoms with Crippen molar-refractivity contribution in [2.24, 2.45) is 33.5 Å². The van der Waals surface area contributed by atoms with Crippen LogP contribution in [0.25, 0.3) is 0 Å². The molecule has 14 heteroatoms. The van der Waals surface area contributed by atoms with E-state index in [2.05, 4.69) is 106 Å². The molecule has 1 aromatic rings. The minimum Gasteiger partial charge on any atom is -0.449 e. The molecule has 446 valence electrons. The van der Waals surface area contributed by atoms with Gasteiger partial charge in [-0.15, -0.1) is 0 Å². The largest absolute Gasteiger partial charge is 0.449 e. The number of urea groups is 1. The first-order chi connectivity index (χ1) is 36.7. The average molecular weight is 1080 g/mol. The predicted octanol–water partition coefficient (Wildman–Crippen LogP) is 15.6. The Bertz CT molecular complexity index is 1860. The fraction of sp³-hybridized carbons (Fsp3) is 0.889. The Morgan fingerprint density at radius 1 is 0.597 bits per heavy atom. The second-order valence-corrected chi connectivity index (χ2v) is 26.5. The summed E-state index contributed by atoms with van der Waals surface area (Å²) >= 11 is 0. The molecule has 1 heterocycles. The van der Waals surface area contributed by atoms with Crippen molar-refractivity contribution in [3.05, 3.63) is 21.6 Å². The van der Waals surface area contributed by atoms with Gasteiger partial charge in [-0.1, -0.05) is 198 Å². The van der Waals surface area contributed by atoms with Gasteiger partial charge in [-0.2, -0.15) is 0 Å². The number of nitrogens with zero attached hydrogens (tertiary/aromatic N) is 1.